The van der Waals surface area contributed by atoms with Gasteiger partial charge in [-0.1, -0.05) is 26.7 Å². The second-order valence-corrected chi connectivity index (χ2v) is 4.03. The largest absolute Gasteiger partial charge is 0.305 e. The zero-order chi connectivity index (χ0) is 11.1. The van der Waals surface area contributed by atoms with Crippen molar-refractivity contribution in [2.45, 2.75) is 58.5 Å². The summed E-state index contributed by atoms with van der Waals surface area (Å²) >= 11 is 0. The number of aromatic amines is 1. The Balaban J connectivity index is 2.43. The summed E-state index contributed by atoms with van der Waals surface area (Å²) in [6.07, 6.45) is 6.46. The van der Waals surface area contributed by atoms with Crippen LogP contribution in [0.4, 0.5) is 0 Å². The number of aromatic nitrogens is 3. The summed E-state index contributed by atoms with van der Waals surface area (Å²) in [6.45, 7) is 6.58. The highest BCUT2D eigenvalue weighted by Gasteiger charge is 2.13. The van der Waals surface area contributed by atoms with Crippen LogP contribution in [0.15, 0.2) is 6.33 Å². The van der Waals surface area contributed by atoms with E-state index in [4.69, 9.17) is 0 Å². The highest BCUT2D eigenvalue weighted by Crippen LogP contribution is 2.11. The summed E-state index contributed by atoms with van der Waals surface area (Å²) in [6, 6.07) is 0.857. The number of hydrogen-bond acceptors (Lipinski definition) is 3. The number of hydrogen-bond donors (Lipinski definition) is 2. The molecule has 1 heterocycles. The molecule has 15 heavy (non-hydrogen) atoms. The van der Waals surface area contributed by atoms with E-state index in [1.807, 2.05) is 0 Å². The zero-order valence-electron chi connectivity index (χ0n) is 9.95. The third-order valence-electron chi connectivity index (χ3n) is 2.60. The van der Waals surface area contributed by atoms with E-state index in [1.54, 1.807) is 6.33 Å². The fraction of sp³-hybridized carbons (Fsp3) is 0.818. The van der Waals surface area contributed by atoms with E-state index in [0.717, 1.165) is 5.82 Å². The number of nitrogens with zero attached hydrogens (tertiary/aromatic N) is 2. The van der Waals surface area contributed by atoms with E-state index >= 15 is 0 Å². The quantitative estimate of drug-likeness (QED) is 0.726. The lowest BCUT2D eigenvalue weighted by Gasteiger charge is -2.21. The Bertz CT molecular complexity index is 239. The summed E-state index contributed by atoms with van der Waals surface area (Å²) in [5, 5.41) is 10.4. The van der Waals surface area contributed by atoms with Crippen molar-refractivity contribution in [1.82, 2.24) is 20.5 Å². The smallest absolute Gasteiger partial charge is 0.141 e. The van der Waals surface area contributed by atoms with Crippen molar-refractivity contribution in [2.75, 3.05) is 0 Å². The first-order valence-corrected chi connectivity index (χ1v) is 5.89. The number of rotatable bonds is 7. The molecule has 0 bridgehead atoms. The maximum Gasteiger partial charge on any atom is 0.141 e. The van der Waals surface area contributed by atoms with Gasteiger partial charge in [-0.3, -0.25) is 5.10 Å². The summed E-state index contributed by atoms with van der Waals surface area (Å²) in [4.78, 5) is 4.16. The molecule has 1 atom stereocenters. The third kappa shape index (κ3) is 4.00. The van der Waals surface area contributed by atoms with Crippen LogP contribution < -0.4 is 5.32 Å². The molecule has 0 radical (unpaired) electrons. The van der Waals surface area contributed by atoms with E-state index in [9.17, 15) is 0 Å². The van der Waals surface area contributed by atoms with Crippen LogP contribution in [0.25, 0.3) is 0 Å². The van der Waals surface area contributed by atoms with E-state index in [-0.39, 0.29) is 6.04 Å². The van der Waals surface area contributed by atoms with Crippen LogP contribution in [-0.4, -0.2) is 21.2 Å². The van der Waals surface area contributed by atoms with Gasteiger partial charge in [0.1, 0.15) is 12.2 Å². The van der Waals surface area contributed by atoms with Crippen LogP contribution >= 0.6 is 0 Å². The van der Waals surface area contributed by atoms with Gasteiger partial charge in [0.05, 0.1) is 6.04 Å². The lowest BCUT2D eigenvalue weighted by atomic mass is 10.1. The first-order chi connectivity index (χ1) is 7.27. The summed E-state index contributed by atoms with van der Waals surface area (Å²) in [7, 11) is 0. The maximum atomic E-state index is 4.16. The van der Waals surface area contributed by atoms with Gasteiger partial charge in [0.15, 0.2) is 0 Å². The average molecular weight is 210 g/mol. The van der Waals surface area contributed by atoms with Crippen molar-refractivity contribution in [3.8, 4) is 0 Å². The Morgan fingerprint density at radius 1 is 1.33 bits per heavy atom. The fourth-order valence-corrected chi connectivity index (χ4v) is 1.86. The van der Waals surface area contributed by atoms with E-state index in [1.165, 1.54) is 25.7 Å². The molecular weight excluding hydrogens is 188 g/mol. The van der Waals surface area contributed by atoms with Crippen molar-refractivity contribution in [1.29, 1.82) is 0 Å². The van der Waals surface area contributed by atoms with Gasteiger partial charge in [0, 0.05) is 6.04 Å². The molecule has 0 amide bonds. The van der Waals surface area contributed by atoms with Crippen molar-refractivity contribution in [2.24, 2.45) is 0 Å². The molecule has 0 saturated carbocycles. The van der Waals surface area contributed by atoms with E-state index in [0.29, 0.717) is 6.04 Å². The van der Waals surface area contributed by atoms with Crippen molar-refractivity contribution >= 4 is 0 Å². The van der Waals surface area contributed by atoms with Crippen molar-refractivity contribution in [3.05, 3.63) is 12.2 Å². The minimum Gasteiger partial charge on any atom is -0.305 e. The molecule has 1 aromatic rings. The first-order valence-electron chi connectivity index (χ1n) is 5.89. The Labute approximate surface area is 91.9 Å². The standard InChI is InChI=1S/C11H22N4/c1-4-6-10(7-5-2)14-9(3)11-12-8-13-15-11/h8-10,14H,4-7H2,1-3H3,(H,12,13,15). The molecule has 1 unspecified atom stereocenters. The zero-order valence-corrected chi connectivity index (χ0v) is 9.95. The molecule has 1 rings (SSSR count). The molecule has 0 spiro atoms. The molecule has 0 aliphatic heterocycles. The summed E-state index contributed by atoms with van der Waals surface area (Å²) < 4.78 is 0. The molecule has 0 aliphatic rings. The normalized spacial score (nSPS) is 13.3. The number of nitrogens with one attached hydrogen (secondary N) is 2. The predicted molar refractivity (Wildman–Crippen MR) is 61.5 cm³/mol. The second-order valence-electron chi connectivity index (χ2n) is 4.03. The third-order valence-corrected chi connectivity index (χ3v) is 2.60. The molecule has 0 aromatic carbocycles. The van der Waals surface area contributed by atoms with Gasteiger partial charge in [-0.15, -0.1) is 0 Å². The molecule has 86 valence electrons. The van der Waals surface area contributed by atoms with Gasteiger partial charge in [-0.05, 0) is 19.8 Å². The van der Waals surface area contributed by atoms with Crippen LogP contribution in [0.5, 0.6) is 0 Å². The molecule has 2 N–H and O–H groups in total. The van der Waals surface area contributed by atoms with E-state index in [2.05, 4.69) is 41.3 Å². The maximum absolute atomic E-state index is 4.16. The lowest BCUT2D eigenvalue weighted by Crippen LogP contribution is -2.31. The van der Waals surface area contributed by atoms with Gasteiger partial charge in [0.2, 0.25) is 0 Å². The molecule has 0 fully saturated rings. The molecule has 4 heteroatoms. The highest BCUT2D eigenvalue weighted by molar-refractivity contribution is 4.90. The Morgan fingerprint density at radius 2 is 2.00 bits per heavy atom. The van der Waals surface area contributed by atoms with Crippen LogP contribution in [0.2, 0.25) is 0 Å². The van der Waals surface area contributed by atoms with Gasteiger partial charge in [-0.2, -0.15) is 5.10 Å². The van der Waals surface area contributed by atoms with Crippen LogP contribution in [0.1, 0.15) is 58.3 Å². The minimum absolute atomic E-state index is 0.260. The minimum atomic E-state index is 0.260. The Kier molecular flexibility index (Phi) is 5.32. The van der Waals surface area contributed by atoms with Crippen molar-refractivity contribution in [3.63, 3.8) is 0 Å². The second kappa shape index (κ2) is 6.56. The fourth-order valence-electron chi connectivity index (χ4n) is 1.86. The molecular formula is C11H22N4. The molecule has 4 nitrogen and oxygen atoms in total. The van der Waals surface area contributed by atoms with Crippen LogP contribution in [0.3, 0.4) is 0 Å². The molecule has 1 aromatic heterocycles. The lowest BCUT2D eigenvalue weighted by molar-refractivity contribution is 0.394. The van der Waals surface area contributed by atoms with Crippen molar-refractivity contribution < 1.29 is 0 Å². The molecule has 0 aliphatic carbocycles. The SMILES string of the molecule is CCCC(CCC)NC(C)c1ncn[nH]1. The average Bonchev–Trinajstić information content (AvgIpc) is 2.71. The topological polar surface area (TPSA) is 53.6 Å². The van der Waals surface area contributed by atoms with E-state index < -0.39 is 0 Å². The van der Waals surface area contributed by atoms with Gasteiger partial charge >= 0.3 is 0 Å². The number of H-pyrrole nitrogens is 1. The van der Waals surface area contributed by atoms with Crippen LogP contribution in [0, 0.1) is 0 Å². The summed E-state index contributed by atoms with van der Waals surface area (Å²) in [5.74, 6) is 0.923. The van der Waals surface area contributed by atoms with Gasteiger partial charge in [0.25, 0.3) is 0 Å². The molecule has 0 saturated heterocycles. The predicted octanol–water partition coefficient (Wildman–Crippen LogP) is 2.42. The van der Waals surface area contributed by atoms with Crippen LogP contribution in [-0.2, 0) is 0 Å². The Morgan fingerprint density at radius 3 is 2.47 bits per heavy atom. The monoisotopic (exact) mass is 210 g/mol. The van der Waals surface area contributed by atoms with Gasteiger partial charge in [-0.25, -0.2) is 4.98 Å². The Hall–Kier alpha value is -0.900. The van der Waals surface area contributed by atoms with Gasteiger partial charge < -0.3 is 5.32 Å². The highest BCUT2D eigenvalue weighted by atomic mass is 15.2. The first kappa shape index (κ1) is 12.2. The summed E-state index contributed by atoms with van der Waals surface area (Å²) in [5.41, 5.74) is 0.